The second-order valence-corrected chi connectivity index (χ2v) is 7.13. The largest absolute Gasteiger partial charge is 0.465 e. The molecule has 0 aliphatic heterocycles. The summed E-state index contributed by atoms with van der Waals surface area (Å²) in [6.45, 7) is 6.61. The Morgan fingerprint density at radius 3 is 2.77 bits per heavy atom. The average molecular weight is 406 g/mol. The van der Waals surface area contributed by atoms with Gasteiger partial charge >= 0.3 is 5.97 Å². The summed E-state index contributed by atoms with van der Waals surface area (Å²) in [7, 11) is 3.06. The van der Waals surface area contributed by atoms with Gasteiger partial charge in [-0.05, 0) is 37.1 Å². The van der Waals surface area contributed by atoms with E-state index in [9.17, 15) is 9.18 Å². The van der Waals surface area contributed by atoms with Crippen LogP contribution in [0.2, 0.25) is 0 Å². The Bertz CT molecular complexity index is 1290. The highest BCUT2D eigenvalue weighted by molar-refractivity contribution is 5.95. The number of aromatic nitrogens is 4. The fourth-order valence-corrected chi connectivity index (χ4v) is 3.70. The van der Waals surface area contributed by atoms with Crippen molar-refractivity contribution in [2.24, 2.45) is 7.05 Å². The molecule has 0 spiro atoms. The highest BCUT2D eigenvalue weighted by Crippen LogP contribution is 2.31. The molecule has 30 heavy (non-hydrogen) atoms. The van der Waals surface area contributed by atoms with E-state index in [-0.39, 0.29) is 5.56 Å². The maximum Gasteiger partial charge on any atom is 0.340 e. The lowest BCUT2D eigenvalue weighted by Crippen LogP contribution is -2.05. The highest BCUT2D eigenvalue weighted by Gasteiger charge is 2.21. The van der Waals surface area contributed by atoms with E-state index < -0.39 is 11.8 Å². The first-order valence-corrected chi connectivity index (χ1v) is 9.83. The minimum absolute atomic E-state index is 0.129. The number of methoxy groups -OCH3 is 1. The van der Waals surface area contributed by atoms with Gasteiger partial charge in [0, 0.05) is 30.7 Å². The molecule has 0 unspecified atom stereocenters. The van der Waals surface area contributed by atoms with Gasteiger partial charge in [-0.1, -0.05) is 13.0 Å². The van der Waals surface area contributed by atoms with Crippen LogP contribution in [0.5, 0.6) is 0 Å². The number of hydrogen-bond acceptors (Lipinski definition) is 4. The first-order chi connectivity index (χ1) is 14.5. The minimum atomic E-state index is -0.724. The first kappa shape index (κ1) is 19.8. The van der Waals surface area contributed by atoms with Gasteiger partial charge in [0.2, 0.25) is 0 Å². The molecule has 1 aromatic carbocycles. The Kier molecular flexibility index (Phi) is 5.11. The van der Waals surface area contributed by atoms with Crippen LogP contribution < -0.4 is 0 Å². The van der Waals surface area contributed by atoms with E-state index in [1.165, 1.54) is 19.2 Å². The zero-order valence-corrected chi connectivity index (χ0v) is 17.3. The van der Waals surface area contributed by atoms with Crippen molar-refractivity contribution in [3.05, 3.63) is 60.1 Å². The number of aryl methyl sites for hydroxylation is 3. The lowest BCUT2D eigenvalue weighted by Gasteiger charge is -2.09. The Hall–Kier alpha value is -3.48. The molecule has 3 aromatic heterocycles. The molecule has 7 heteroatoms. The second-order valence-electron chi connectivity index (χ2n) is 7.13. The van der Waals surface area contributed by atoms with Gasteiger partial charge in [0.1, 0.15) is 11.5 Å². The number of carbonyl (C=O) groups excluding carboxylic acids is 1. The molecule has 0 aliphatic rings. The number of esters is 1. The van der Waals surface area contributed by atoms with Gasteiger partial charge in [-0.2, -0.15) is 0 Å². The molecule has 0 radical (unpaired) electrons. The van der Waals surface area contributed by atoms with Crippen molar-refractivity contribution >= 4 is 28.0 Å². The van der Waals surface area contributed by atoms with Gasteiger partial charge in [0.15, 0.2) is 5.82 Å². The summed E-state index contributed by atoms with van der Waals surface area (Å²) in [5, 5.41) is 1.01. The zero-order chi connectivity index (χ0) is 21.4. The van der Waals surface area contributed by atoms with Crippen LogP contribution in [0.3, 0.4) is 0 Å². The predicted molar refractivity (Wildman–Crippen MR) is 115 cm³/mol. The summed E-state index contributed by atoms with van der Waals surface area (Å²) in [5.74, 6) is -0.685. The molecule has 0 N–H and O–H groups in total. The van der Waals surface area contributed by atoms with Crippen molar-refractivity contribution in [1.82, 2.24) is 19.1 Å². The van der Waals surface area contributed by atoms with E-state index >= 15 is 0 Å². The van der Waals surface area contributed by atoms with Gasteiger partial charge in [-0.25, -0.2) is 19.2 Å². The number of benzene rings is 1. The van der Waals surface area contributed by atoms with Crippen molar-refractivity contribution in [3.63, 3.8) is 0 Å². The average Bonchev–Trinajstić information content (AvgIpc) is 3.27. The maximum absolute atomic E-state index is 14.5. The third-order valence-corrected chi connectivity index (χ3v) is 5.32. The Labute approximate surface area is 173 Å². The number of carbonyl (C=O) groups is 1. The normalized spacial score (nSPS) is 11.3. The van der Waals surface area contributed by atoms with Crippen LogP contribution in [-0.2, 0) is 24.8 Å². The number of nitrogens with zero attached hydrogens (tertiary/aromatic N) is 4. The summed E-state index contributed by atoms with van der Waals surface area (Å²) < 4.78 is 23.1. The lowest BCUT2D eigenvalue weighted by molar-refractivity contribution is 0.0595. The van der Waals surface area contributed by atoms with Crippen LogP contribution in [-0.4, -0.2) is 32.2 Å². The molecule has 4 rings (SSSR count). The quantitative estimate of drug-likeness (QED) is 0.345. The summed E-state index contributed by atoms with van der Waals surface area (Å²) >= 11 is 0. The Morgan fingerprint density at radius 1 is 1.27 bits per heavy atom. The number of fused-ring (bicyclic) bond motifs is 2. The zero-order valence-electron chi connectivity index (χ0n) is 17.3. The van der Waals surface area contributed by atoms with E-state index in [0.717, 1.165) is 35.3 Å². The molecular weight excluding hydrogens is 383 g/mol. The third kappa shape index (κ3) is 3.16. The number of hydrogen-bond donors (Lipinski definition) is 0. The number of imidazole rings is 1. The Morgan fingerprint density at radius 2 is 2.07 bits per heavy atom. The Balaban J connectivity index is 1.95. The van der Waals surface area contributed by atoms with E-state index in [2.05, 4.69) is 28.9 Å². The van der Waals surface area contributed by atoms with Crippen molar-refractivity contribution in [3.8, 4) is 11.5 Å². The molecule has 0 amide bonds. The molecule has 0 saturated carbocycles. The first-order valence-electron chi connectivity index (χ1n) is 9.83. The van der Waals surface area contributed by atoms with Crippen molar-refractivity contribution in [1.29, 1.82) is 0 Å². The molecule has 6 nitrogen and oxygen atoms in total. The van der Waals surface area contributed by atoms with Gasteiger partial charge in [-0.15, -0.1) is 6.58 Å². The van der Waals surface area contributed by atoms with Crippen LogP contribution in [0, 0.1) is 5.82 Å². The van der Waals surface area contributed by atoms with Crippen molar-refractivity contribution in [2.45, 2.75) is 26.3 Å². The monoisotopic (exact) mass is 406 g/mol. The fourth-order valence-electron chi connectivity index (χ4n) is 3.70. The van der Waals surface area contributed by atoms with Crippen molar-refractivity contribution < 1.29 is 13.9 Å². The van der Waals surface area contributed by atoms with Crippen molar-refractivity contribution in [2.75, 3.05) is 7.11 Å². The fraction of sp³-hybridized carbons (Fsp3) is 0.261. The smallest absolute Gasteiger partial charge is 0.340 e. The molecule has 0 bridgehead atoms. The van der Waals surface area contributed by atoms with Gasteiger partial charge in [0.05, 0.1) is 29.4 Å². The summed E-state index contributed by atoms with van der Waals surface area (Å²) in [4.78, 5) is 21.4. The third-order valence-electron chi connectivity index (χ3n) is 5.32. The molecule has 0 saturated heterocycles. The number of pyridine rings is 1. The number of halogens is 1. The molecule has 3 heterocycles. The second kappa shape index (κ2) is 7.74. The van der Waals surface area contributed by atoms with E-state index in [4.69, 9.17) is 9.97 Å². The van der Waals surface area contributed by atoms with Crippen LogP contribution in [0.15, 0.2) is 43.0 Å². The molecule has 0 aliphatic carbocycles. The SMILES string of the molecule is C=CCCn1c(-c2nc3cc(C(=O)OC)c(F)cc3n2C)cc2ccc(CC)nc21. The minimum Gasteiger partial charge on any atom is -0.465 e. The maximum atomic E-state index is 14.5. The topological polar surface area (TPSA) is 61.9 Å². The molecule has 0 fully saturated rings. The lowest BCUT2D eigenvalue weighted by atomic mass is 10.2. The molecule has 154 valence electrons. The van der Waals surface area contributed by atoms with Gasteiger partial charge in [0.25, 0.3) is 0 Å². The number of rotatable bonds is 6. The molecular formula is C23H23FN4O2. The summed E-state index contributed by atoms with van der Waals surface area (Å²) in [5.41, 5.74) is 3.78. The van der Waals surface area contributed by atoms with Gasteiger partial charge in [-0.3, -0.25) is 0 Å². The van der Waals surface area contributed by atoms with Crippen LogP contribution in [0.1, 0.15) is 29.4 Å². The molecule has 4 aromatic rings. The summed E-state index contributed by atoms with van der Waals surface area (Å²) in [6.07, 6.45) is 3.49. The number of allylic oxidation sites excluding steroid dienone is 1. The molecule has 0 atom stereocenters. The predicted octanol–water partition coefficient (Wildman–Crippen LogP) is 4.65. The van der Waals surface area contributed by atoms with Crippen LogP contribution in [0.25, 0.3) is 33.6 Å². The van der Waals surface area contributed by atoms with E-state index in [0.29, 0.717) is 23.4 Å². The van der Waals surface area contributed by atoms with E-state index in [1.807, 2.05) is 29.8 Å². The standard InChI is InChI=1S/C23H23FN4O2/c1-5-7-10-28-20(11-14-8-9-15(6-2)25-21(14)28)22-26-18-12-16(23(29)30-4)17(24)13-19(18)27(22)3/h5,8-9,11-13H,1,6-7,10H2,2-4H3. The van der Waals surface area contributed by atoms with Crippen LogP contribution >= 0.6 is 0 Å². The number of ether oxygens (including phenoxy) is 1. The highest BCUT2D eigenvalue weighted by atomic mass is 19.1. The summed E-state index contributed by atoms with van der Waals surface area (Å²) in [6, 6.07) is 8.89. The van der Waals surface area contributed by atoms with Crippen LogP contribution in [0.4, 0.5) is 4.39 Å². The van der Waals surface area contributed by atoms with Gasteiger partial charge < -0.3 is 13.9 Å². The van der Waals surface area contributed by atoms with E-state index in [1.54, 1.807) is 0 Å².